The smallest absolute Gasteiger partial charge is 0.191 e. The van der Waals surface area contributed by atoms with Crippen LogP contribution in [0.15, 0.2) is 47.6 Å². The van der Waals surface area contributed by atoms with Crippen molar-refractivity contribution in [2.75, 3.05) is 0 Å². The Morgan fingerprint density at radius 3 is 2.78 bits per heavy atom. The van der Waals surface area contributed by atoms with Crippen molar-refractivity contribution < 1.29 is 0 Å². The lowest BCUT2D eigenvalue weighted by Crippen LogP contribution is -2.21. The van der Waals surface area contributed by atoms with Gasteiger partial charge in [0.1, 0.15) is 6.07 Å². The van der Waals surface area contributed by atoms with E-state index in [9.17, 15) is 0 Å². The number of nitrogens with zero attached hydrogens (tertiary/aromatic N) is 3. The van der Waals surface area contributed by atoms with Crippen LogP contribution in [0.1, 0.15) is 5.56 Å². The second-order valence-electron chi connectivity index (χ2n) is 3.60. The monoisotopic (exact) mass is 237 g/mol. The van der Waals surface area contributed by atoms with Crippen molar-refractivity contribution in [1.29, 1.82) is 5.26 Å². The maximum Gasteiger partial charge on any atom is 0.191 e. The van der Waals surface area contributed by atoms with Gasteiger partial charge in [0.05, 0.1) is 16.9 Å². The number of hydrogen-bond donors (Lipinski definition) is 2. The van der Waals surface area contributed by atoms with Crippen LogP contribution in [0.3, 0.4) is 0 Å². The second-order valence-corrected chi connectivity index (χ2v) is 3.60. The number of aliphatic imine (C=N–C) groups is 1. The van der Waals surface area contributed by atoms with Crippen LogP contribution in [0.4, 0.5) is 5.69 Å². The van der Waals surface area contributed by atoms with Gasteiger partial charge in [0.15, 0.2) is 5.96 Å². The average molecular weight is 237 g/mol. The van der Waals surface area contributed by atoms with E-state index in [1.807, 2.05) is 12.1 Å². The number of nitriles is 1. The predicted octanol–water partition coefficient (Wildman–Crippen LogP) is 1.53. The molecule has 0 unspecified atom stereocenters. The van der Waals surface area contributed by atoms with Crippen molar-refractivity contribution in [1.82, 2.24) is 4.98 Å². The van der Waals surface area contributed by atoms with Crippen molar-refractivity contribution in [3.8, 4) is 17.3 Å². The lowest BCUT2D eigenvalue weighted by molar-refractivity contribution is 1.30. The Morgan fingerprint density at radius 1 is 1.22 bits per heavy atom. The number of hydrogen-bond acceptors (Lipinski definition) is 3. The molecule has 5 nitrogen and oxygen atoms in total. The van der Waals surface area contributed by atoms with Crippen LogP contribution in [0.25, 0.3) is 11.3 Å². The van der Waals surface area contributed by atoms with E-state index in [1.54, 1.807) is 30.5 Å². The molecule has 0 atom stereocenters. The average Bonchev–Trinajstić information content (AvgIpc) is 2.38. The summed E-state index contributed by atoms with van der Waals surface area (Å²) in [4.78, 5) is 8.17. The zero-order chi connectivity index (χ0) is 13.0. The molecular weight excluding hydrogens is 226 g/mol. The summed E-state index contributed by atoms with van der Waals surface area (Å²) in [5, 5.41) is 9.04. The molecule has 0 fully saturated rings. The Balaban J connectivity index is 2.52. The topological polar surface area (TPSA) is 101 Å². The molecule has 0 saturated heterocycles. The molecular formula is C13H11N5. The normalized spacial score (nSPS) is 9.50. The lowest BCUT2D eigenvalue weighted by Gasteiger charge is -2.03. The van der Waals surface area contributed by atoms with Gasteiger partial charge in [0, 0.05) is 11.8 Å². The Bertz CT molecular complexity index is 636. The summed E-state index contributed by atoms with van der Waals surface area (Å²) in [6.07, 6.45) is 1.64. The summed E-state index contributed by atoms with van der Waals surface area (Å²) >= 11 is 0. The zero-order valence-electron chi connectivity index (χ0n) is 9.54. The minimum absolute atomic E-state index is 0.00585. The van der Waals surface area contributed by atoms with E-state index >= 15 is 0 Å². The van der Waals surface area contributed by atoms with Gasteiger partial charge in [0.2, 0.25) is 0 Å². The van der Waals surface area contributed by atoms with Crippen molar-refractivity contribution in [3.05, 3.63) is 48.2 Å². The molecule has 0 aliphatic carbocycles. The van der Waals surface area contributed by atoms with E-state index in [2.05, 4.69) is 16.0 Å². The number of rotatable bonds is 2. The molecule has 0 bridgehead atoms. The maximum absolute atomic E-state index is 9.04. The molecule has 2 aromatic rings. The first-order valence-corrected chi connectivity index (χ1v) is 5.26. The largest absolute Gasteiger partial charge is 0.370 e. The predicted molar refractivity (Wildman–Crippen MR) is 69.9 cm³/mol. The number of nitrogens with two attached hydrogens (primary N) is 2. The van der Waals surface area contributed by atoms with Crippen molar-refractivity contribution in [2.45, 2.75) is 0 Å². The summed E-state index contributed by atoms with van der Waals surface area (Å²) in [5.41, 5.74) is 13.2. The first-order valence-electron chi connectivity index (χ1n) is 5.26. The first kappa shape index (κ1) is 11.6. The van der Waals surface area contributed by atoms with Crippen molar-refractivity contribution >= 4 is 11.6 Å². The minimum atomic E-state index is -0.00585. The Morgan fingerprint density at radius 2 is 2.06 bits per heavy atom. The summed E-state index contributed by atoms with van der Waals surface area (Å²) in [6, 6.07) is 12.8. The molecule has 5 heteroatoms. The highest BCUT2D eigenvalue weighted by Gasteiger charge is 2.05. The standard InChI is InChI=1S/C13H11N5/c14-8-10-4-2-6-17-12(10)9-3-1-5-11(7-9)18-13(15)16/h1-7H,(H4,15,16,18). The van der Waals surface area contributed by atoms with Crippen LogP contribution in [0, 0.1) is 11.3 Å². The van der Waals surface area contributed by atoms with Crippen LogP contribution in [0.5, 0.6) is 0 Å². The molecule has 88 valence electrons. The highest BCUT2D eigenvalue weighted by Crippen LogP contribution is 2.24. The van der Waals surface area contributed by atoms with E-state index in [-0.39, 0.29) is 5.96 Å². The Hall–Kier alpha value is -2.87. The quantitative estimate of drug-likeness (QED) is 0.610. The van der Waals surface area contributed by atoms with Gasteiger partial charge in [0.25, 0.3) is 0 Å². The molecule has 0 saturated carbocycles. The third-order valence-electron chi connectivity index (χ3n) is 2.31. The minimum Gasteiger partial charge on any atom is -0.370 e. The molecule has 0 aliphatic heterocycles. The van der Waals surface area contributed by atoms with E-state index in [0.29, 0.717) is 16.9 Å². The van der Waals surface area contributed by atoms with Crippen LogP contribution in [-0.2, 0) is 0 Å². The van der Waals surface area contributed by atoms with Gasteiger partial charge in [-0.3, -0.25) is 4.98 Å². The van der Waals surface area contributed by atoms with Gasteiger partial charge >= 0.3 is 0 Å². The molecule has 1 aromatic carbocycles. The second kappa shape index (κ2) is 4.97. The van der Waals surface area contributed by atoms with Crippen LogP contribution < -0.4 is 11.5 Å². The fourth-order valence-electron chi connectivity index (χ4n) is 1.60. The third kappa shape index (κ3) is 2.44. The van der Waals surface area contributed by atoms with Crippen LogP contribution >= 0.6 is 0 Å². The molecule has 0 aliphatic rings. The number of guanidine groups is 1. The third-order valence-corrected chi connectivity index (χ3v) is 2.31. The van der Waals surface area contributed by atoms with Crippen molar-refractivity contribution in [3.63, 3.8) is 0 Å². The molecule has 0 radical (unpaired) electrons. The number of aromatic nitrogens is 1. The molecule has 1 heterocycles. The summed E-state index contributed by atoms with van der Waals surface area (Å²) in [6.45, 7) is 0. The van der Waals surface area contributed by atoms with Gasteiger partial charge in [-0.1, -0.05) is 12.1 Å². The van der Waals surface area contributed by atoms with Gasteiger partial charge in [-0.2, -0.15) is 5.26 Å². The lowest BCUT2D eigenvalue weighted by atomic mass is 10.1. The molecule has 2 rings (SSSR count). The molecule has 0 spiro atoms. The van der Waals surface area contributed by atoms with Crippen LogP contribution in [0.2, 0.25) is 0 Å². The summed E-state index contributed by atoms with van der Waals surface area (Å²) in [5.74, 6) is -0.00585. The zero-order valence-corrected chi connectivity index (χ0v) is 9.54. The van der Waals surface area contributed by atoms with E-state index in [4.69, 9.17) is 16.7 Å². The van der Waals surface area contributed by atoms with Gasteiger partial charge in [-0.15, -0.1) is 0 Å². The fraction of sp³-hybridized carbons (Fsp3) is 0. The van der Waals surface area contributed by atoms with E-state index < -0.39 is 0 Å². The Kier molecular flexibility index (Phi) is 3.21. The van der Waals surface area contributed by atoms with E-state index in [1.165, 1.54) is 0 Å². The fourth-order valence-corrected chi connectivity index (χ4v) is 1.60. The highest BCUT2D eigenvalue weighted by molar-refractivity contribution is 5.80. The van der Waals surface area contributed by atoms with Gasteiger partial charge < -0.3 is 11.5 Å². The summed E-state index contributed by atoms with van der Waals surface area (Å²) < 4.78 is 0. The number of benzene rings is 1. The maximum atomic E-state index is 9.04. The molecule has 4 N–H and O–H groups in total. The van der Waals surface area contributed by atoms with Crippen LogP contribution in [-0.4, -0.2) is 10.9 Å². The molecule has 0 amide bonds. The highest BCUT2D eigenvalue weighted by atomic mass is 15.0. The Labute approximate surface area is 104 Å². The SMILES string of the molecule is N#Cc1cccnc1-c1cccc(N=C(N)N)c1. The molecule has 1 aromatic heterocycles. The van der Waals surface area contributed by atoms with Gasteiger partial charge in [-0.25, -0.2) is 4.99 Å². The van der Waals surface area contributed by atoms with Gasteiger partial charge in [-0.05, 0) is 24.3 Å². The van der Waals surface area contributed by atoms with E-state index in [0.717, 1.165) is 5.56 Å². The summed E-state index contributed by atoms with van der Waals surface area (Å²) in [7, 11) is 0. The number of pyridine rings is 1. The first-order chi connectivity index (χ1) is 8.70. The van der Waals surface area contributed by atoms with Crippen molar-refractivity contribution in [2.24, 2.45) is 16.5 Å². The molecule has 18 heavy (non-hydrogen) atoms.